The first kappa shape index (κ1) is 27.8. The van der Waals surface area contributed by atoms with Crippen molar-refractivity contribution in [2.75, 3.05) is 23.7 Å². The molecule has 3 N–H and O–H groups in total. The van der Waals surface area contributed by atoms with Crippen LogP contribution in [0.5, 0.6) is 0 Å². The third-order valence-electron chi connectivity index (χ3n) is 5.39. The molecule has 9 nitrogen and oxygen atoms in total. The van der Waals surface area contributed by atoms with Crippen molar-refractivity contribution in [2.24, 2.45) is 5.92 Å². The molecule has 2 rings (SSSR count). The Bertz CT molecular complexity index is 1110. The summed E-state index contributed by atoms with van der Waals surface area (Å²) in [6, 6.07) is 15.9. The lowest BCUT2D eigenvalue weighted by molar-refractivity contribution is -0.131. The molecule has 2 aromatic carbocycles. The predicted molar refractivity (Wildman–Crippen MR) is 135 cm³/mol. The number of nitrogens with one attached hydrogen (secondary N) is 2. The fourth-order valence-corrected chi connectivity index (χ4v) is 4.79. The highest BCUT2D eigenvalue weighted by Gasteiger charge is 2.23. The Morgan fingerprint density at radius 3 is 2.43 bits per heavy atom. The summed E-state index contributed by atoms with van der Waals surface area (Å²) in [5.74, 6) is -1.15. The second kappa shape index (κ2) is 13.5. The minimum atomic E-state index is -3.93. The van der Waals surface area contributed by atoms with Crippen molar-refractivity contribution >= 4 is 33.5 Å². The molecule has 1 atom stereocenters. The number of ketones is 1. The zero-order valence-corrected chi connectivity index (χ0v) is 20.9. The Labute approximate surface area is 206 Å². The minimum Gasteiger partial charge on any atom is -0.465 e. The summed E-state index contributed by atoms with van der Waals surface area (Å²) >= 11 is 0. The van der Waals surface area contributed by atoms with Crippen LogP contribution in [0, 0.1) is 5.92 Å². The second-order valence-corrected chi connectivity index (χ2v) is 10.3. The van der Waals surface area contributed by atoms with Gasteiger partial charge in [0, 0.05) is 30.8 Å². The van der Waals surface area contributed by atoms with E-state index in [1.807, 2.05) is 37.3 Å². The first-order chi connectivity index (χ1) is 16.6. The van der Waals surface area contributed by atoms with Gasteiger partial charge in [-0.15, -0.1) is 0 Å². The number of nitrogens with zero attached hydrogens (tertiary/aromatic N) is 1. The number of hydrogen-bond donors (Lipinski definition) is 3. The highest BCUT2D eigenvalue weighted by atomic mass is 32.2. The molecule has 0 bridgehead atoms. The fraction of sp³-hybridized carbons (Fsp3) is 0.400. The van der Waals surface area contributed by atoms with E-state index < -0.39 is 22.0 Å². The number of sulfonamides is 1. The number of hydrogen-bond acceptors (Lipinski definition) is 5. The molecule has 0 radical (unpaired) electrons. The Morgan fingerprint density at radius 1 is 1.06 bits per heavy atom. The lowest BCUT2D eigenvalue weighted by atomic mass is 10.0. The van der Waals surface area contributed by atoms with E-state index in [-0.39, 0.29) is 42.8 Å². The molecule has 0 heterocycles. The maximum atomic E-state index is 13.0. The van der Waals surface area contributed by atoms with Crippen LogP contribution >= 0.6 is 0 Å². The number of benzene rings is 2. The Morgan fingerprint density at radius 2 is 1.77 bits per heavy atom. The van der Waals surface area contributed by atoms with Crippen LogP contribution in [0.3, 0.4) is 0 Å². The highest BCUT2D eigenvalue weighted by molar-refractivity contribution is 7.92. The molecule has 2 amide bonds. The van der Waals surface area contributed by atoms with E-state index in [0.717, 1.165) is 5.56 Å². The number of carboxylic acid groups (broad SMARTS) is 1. The monoisotopic (exact) mass is 503 g/mol. The van der Waals surface area contributed by atoms with Gasteiger partial charge in [-0.25, -0.2) is 13.2 Å². The van der Waals surface area contributed by atoms with E-state index in [9.17, 15) is 22.8 Å². The van der Waals surface area contributed by atoms with Gasteiger partial charge in [-0.05, 0) is 49.8 Å². The van der Waals surface area contributed by atoms with Crippen molar-refractivity contribution in [1.29, 1.82) is 0 Å². The van der Waals surface area contributed by atoms with Crippen LogP contribution < -0.4 is 10.0 Å². The number of carbonyl (C=O) groups excluding carboxylic acids is 2. The molecule has 2 aromatic rings. The number of carbonyl (C=O) groups is 3. The zero-order valence-electron chi connectivity index (χ0n) is 20.1. The predicted octanol–water partition coefficient (Wildman–Crippen LogP) is 3.73. The topological polar surface area (TPSA) is 133 Å². The third kappa shape index (κ3) is 10.6. The van der Waals surface area contributed by atoms with E-state index in [1.165, 1.54) is 17.9 Å². The van der Waals surface area contributed by atoms with Gasteiger partial charge in [0.25, 0.3) is 10.0 Å². The molecule has 0 aliphatic rings. The summed E-state index contributed by atoms with van der Waals surface area (Å²) in [5, 5.41) is 11.0. The summed E-state index contributed by atoms with van der Waals surface area (Å²) in [7, 11) is -3.93. The first-order valence-electron chi connectivity index (χ1n) is 11.5. The maximum absolute atomic E-state index is 13.0. The Balaban J connectivity index is 2.07. The van der Waals surface area contributed by atoms with Crippen molar-refractivity contribution < 1.29 is 27.9 Å². The molecule has 190 valence electrons. The van der Waals surface area contributed by atoms with Gasteiger partial charge in [0.15, 0.2) is 5.78 Å². The SMILES string of the molecule is CC(=O)c1cccc(NS(=O)(=O)CN(CCCc2ccccc2)C(=O)CC(C)CCNC(=O)O)c1. The van der Waals surface area contributed by atoms with Crippen LogP contribution in [0.2, 0.25) is 0 Å². The molecular formula is C25H33N3O6S. The number of Topliss-reactive ketones (excluding diaryl/α,β-unsaturated/α-hetero) is 1. The summed E-state index contributed by atoms with van der Waals surface area (Å²) < 4.78 is 28.3. The molecule has 0 spiro atoms. The molecule has 1 unspecified atom stereocenters. The van der Waals surface area contributed by atoms with Gasteiger partial charge in [0.1, 0.15) is 5.88 Å². The molecule has 0 fully saturated rings. The zero-order chi connectivity index (χ0) is 25.8. The summed E-state index contributed by atoms with van der Waals surface area (Å²) in [5.41, 5.74) is 1.72. The van der Waals surface area contributed by atoms with Gasteiger partial charge >= 0.3 is 6.09 Å². The minimum absolute atomic E-state index is 0.0992. The Hall–Kier alpha value is -3.40. The molecule has 0 aliphatic carbocycles. The molecule has 10 heteroatoms. The van der Waals surface area contributed by atoms with Gasteiger partial charge < -0.3 is 15.3 Å². The van der Waals surface area contributed by atoms with Crippen LogP contribution in [0.25, 0.3) is 0 Å². The molecule has 35 heavy (non-hydrogen) atoms. The van der Waals surface area contributed by atoms with Crippen molar-refractivity contribution in [3.8, 4) is 0 Å². The van der Waals surface area contributed by atoms with E-state index in [2.05, 4.69) is 10.0 Å². The number of aryl methyl sites for hydroxylation is 1. The number of rotatable bonds is 14. The number of anilines is 1. The Kier molecular flexibility index (Phi) is 10.7. The van der Waals surface area contributed by atoms with Crippen LogP contribution in [0.1, 0.15) is 49.0 Å². The summed E-state index contributed by atoms with van der Waals surface area (Å²) in [4.78, 5) is 36.6. The largest absolute Gasteiger partial charge is 0.465 e. The summed E-state index contributed by atoms with van der Waals surface area (Å²) in [6.45, 7) is 3.68. The van der Waals surface area contributed by atoms with Gasteiger partial charge in [0.05, 0.1) is 0 Å². The lowest BCUT2D eigenvalue weighted by Crippen LogP contribution is -2.39. The van der Waals surface area contributed by atoms with Crippen molar-refractivity contribution in [3.63, 3.8) is 0 Å². The average molecular weight is 504 g/mol. The highest BCUT2D eigenvalue weighted by Crippen LogP contribution is 2.16. The molecule has 0 aromatic heterocycles. The molecule has 0 saturated heterocycles. The smallest absolute Gasteiger partial charge is 0.404 e. The molecular weight excluding hydrogens is 470 g/mol. The van der Waals surface area contributed by atoms with Crippen molar-refractivity contribution in [2.45, 2.75) is 39.5 Å². The van der Waals surface area contributed by atoms with Crippen LogP contribution in [-0.2, 0) is 21.2 Å². The summed E-state index contributed by atoms with van der Waals surface area (Å²) in [6.07, 6.45) is 0.703. The molecule has 0 aliphatic heterocycles. The van der Waals surface area contributed by atoms with E-state index in [4.69, 9.17) is 5.11 Å². The van der Waals surface area contributed by atoms with Crippen molar-refractivity contribution in [1.82, 2.24) is 10.2 Å². The lowest BCUT2D eigenvalue weighted by Gasteiger charge is -2.24. The van der Waals surface area contributed by atoms with E-state index >= 15 is 0 Å². The standard InChI is InChI=1S/C25H33N3O6S/c1-19(13-14-26-25(31)32)16-24(30)28(15-7-10-21-8-4-3-5-9-21)18-35(33,34)27-23-12-6-11-22(17-23)20(2)29/h3-6,8-9,11-12,17,19,26-27H,7,10,13-16,18H2,1-2H3,(H,31,32). The number of amides is 2. The molecule has 0 saturated carbocycles. The van der Waals surface area contributed by atoms with Crippen LogP contribution in [0.4, 0.5) is 10.5 Å². The van der Waals surface area contributed by atoms with Crippen LogP contribution in [-0.4, -0.2) is 55.2 Å². The fourth-order valence-electron chi connectivity index (χ4n) is 3.55. The van der Waals surface area contributed by atoms with Crippen molar-refractivity contribution in [3.05, 3.63) is 65.7 Å². The van der Waals surface area contributed by atoms with Crippen LogP contribution in [0.15, 0.2) is 54.6 Å². The first-order valence-corrected chi connectivity index (χ1v) is 13.1. The van der Waals surface area contributed by atoms with Gasteiger partial charge in [0.2, 0.25) is 5.91 Å². The van der Waals surface area contributed by atoms with Gasteiger partial charge in [-0.2, -0.15) is 0 Å². The second-order valence-electron chi connectivity index (χ2n) is 8.56. The average Bonchev–Trinajstić information content (AvgIpc) is 2.78. The third-order valence-corrected chi connectivity index (χ3v) is 6.59. The van der Waals surface area contributed by atoms with Gasteiger partial charge in [-0.1, -0.05) is 49.4 Å². The van der Waals surface area contributed by atoms with Gasteiger partial charge in [-0.3, -0.25) is 14.3 Å². The maximum Gasteiger partial charge on any atom is 0.404 e. The normalized spacial score (nSPS) is 11.9. The van der Waals surface area contributed by atoms with E-state index in [0.29, 0.717) is 24.8 Å². The van der Waals surface area contributed by atoms with E-state index in [1.54, 1.807) is 18.2 Å². The quantitative estimate of drug-likeness (QED) is 0.337.